The molecule has 2 aromatic carbocycles. The maximum absolute atomic E-state index is 12.6. The van der Waals surface area contributed by atoms with Gasteiger partial charge in [-0.25, -0.2) is 9.78 Å². The van der Waals surface area contributed by atoms with Crippen molar-refractivity contribution in [3.63, 3.8) is 0 Å². The number of anilines is 2. The van der Waals surface area contributed by atoms with E-state index in [0.29, 0.717) is 21.6 Å². The number of ether oxygens (including phenoxy) is 1. The first-order chi connectivity index (χ1) is 15.7. The summed E-state index contributed by atoms with van der Waals surface area (Å²) < 4.78 is 6.96. The second-order valence-corrected chi connectivity index (χ2v) is 8.62. The molecule has 0 fully saturated rings. The molecule has 33 heavy (non-hydrogen) atoms. The van der Waals surface area contributed by atoms with Gasteiger partial charge in [-0.2, -0.15) is 0 Å². The number of aryl methyl sites for hydroxylation is 3. The highest BCUT2D eigenvalue weighted by atomic mass is 35.5. The number of amides is 2. The molecular weight excluding hydrogens is 464 g/mol. The number of imidazole rings is 1. The lowest BCUT2D eigenvalue weighted by Gasteiger charge is -2.13. The summed E-state index contributed by atoms with van der Waals surface area (Å²) in [5.74, 6) is -1.44. The molecule has 0 aliphatic carbocycles. The summed E-state index contributed by atoms with van der Waals surface area (Å²) in [5.41, 5.74) is 2.69. The Balaban J connectivity index is 1.57. The number of benzene rings is 2. The van der Waals surface area contributed by atoms with Gasteiger partial charge in [0, 0.05) is 19.4 Å². The number of rotatable bonds is 8. The average molecular weight is 487 g/mol. The normalized spacial score (nSPS) is 10.5. The Morgan fingerprint density at radius 3 is 2.58 bits per heavy atom. The number of nitrogens with one attached hydrogen (secondary N) is 2. The molecule has 0 unspecified atom stereocenters. The maximum Gasteiger partial charge on any atom is 0.340 e. The zero-order valence-electron chi connectivity index (χ0n) is 18.3. The molecule has 10 heteroatoms. The van der Waals surface area contributed by atoms with Crippen molar-refractivity contribution in [3.8, 4) is 0 Å². The van der Waals surface area contributed by atoms with Crippen molar-refractivity contribution in [2.24, 2.45) is 7.05 Å². The molecule has 0 aliphatic rings. The Hall–Kier alpha value is -3.30. The number of aromatic nitrogens is 2. The van der Waals surface area contributed by atoms with Gasteiger partial charge in [-0.1, -0.05) is 41.6 Å². The predicted octanol–water partition coefficient (Wildman–Crippen LogP) is 4.22. The zero-order chi connectivity index (χ0) is 24.0. The predicted molar refractivity (Wildman–Crippen MR) is 129 cm³/mol. The third-order valence-corrected chi connectivity index (χ3v) is 5.92. The SMILES string of the molecule is Cc1cc(C)c(NC(=O)COC(=O)c2ccccc2NC(=O)CSc2nccn2C)c(Cl)c1. The van der Waals surface area contributed by atoms with Crippen LogP contribution in [0, 0.1) is 13.8 Å². The minimum atomic E-state index is -0.732. The maximum atomic E-state index is 12.6. The number of thioether (sulfide) groups is 1. The van der Waals surface area contributed by atoms with Crippen molar-refractivity contribution in [2.45, 2.75) is 19.0 Å². The van der Waals surface area contributed by atoms with Gasteiger partial charge in [0.1, 0.15) is 0 Å². The monoisotopic (exact) mass is 486 g/mol. The molecule has 2 N–H and O–H groups in total. The number of carbonyl (C=O) groups excluding carboxylic acids is 3. The van der Waals surface area contributed by atoms with Gasteiger partial charge in [0.05, 0.1) is 27.7 Å². The third-order valence-electron chi connectivity index (χ3n) is 4.56. The van der Waals surface area contributed by atoms with Crippen LogP contribution in [0.4, 0.5) is 11.4 Å². The van der Waals surface area contributed by atoms with E-state index in [2.05, 4.69) is 15.6 Å². The molecule has 0 radical (unpaired) electrons. The molecule has 0 saturated heterocycles. The lowest BCUT2D eigenvalue weighted by molar-refractivity contribution is -0.119. The highest BCUT2D eigenvalue weighted by Gasteiger charge is 2.17. The number of carbonyl (C=O) groups is 3. The summed E-state index contributed by atoms with van der Waals surface area (Å²) in [6, 6.07) is 10.1. The Morgan fingerprint density at radius 1 is 1.12 bits per heavy atom. The summed E-state index contributed by atoms with van der Waals surface area (Å²) in [6.45, 7) is 3.23. The molecule has 3 aromatic rings. The van der Waals surface area contributed by atoms with Crippen LogP contribution in [0.3, 0.4) is 0 Å². The van der Waals surface area contributed by atoms with E-state index in [1.54, 1.807) is 41.2 Å². The second-order valence-electron chi connectivity index (χ2n) is 7.27. The van der Waals surface area contributed by atoms with Crippen molar-refractivity contribution in [1.82, 2.24) is 9.55 Å². The van der Waals surface area contributed by atoms with E-state index >= 15 is 0 Å². The van der Waals surface area contributed by atoms with Crippen molar-refractivity contribution >= 4 is 52.5 Å². The smallest absolute Gasteiger partial charge is 0.340 e. The number of esters is 1. The fraction of sp³-hybridized carbons (Fsp3) is 0.217. The van der Waals surface area contributed by atoms with Gasteiger partial charge in [-0.15, -0.1) is 0 Å². The molecule has 2 amide bonds. The molecule has 8 nitrogen and oxygen atoms in total. The van der Waals surface area contributed by atoms with Crippen LogP contribution in [0.5, 0.6) is 0 Å². The second kappa shape index (κ2) is 11.0. The molecule has 0 spiro atoms. The fourth-order valence-corrected chi connectivity index (χ4v) is 4.14. The average Bonchev–Trinajstić information content (AvgIpc) is 3.18. The molecule has 0 aliphatic heterocycles. The topological polar surface area (TPSA) is 102 Å². The summed E-state index contributed by atoms with van der Waals surface area (Å²) in [4.78, 5) is 41.4. The van der Waals surface area contributed by atoms with Crippen LogP contribution in [0.15, 0.2) is 53.9 Å². The summed E-state index contributed by atoms with van der Waals surface area (Å²) in [5, 5.41) is 6.48. The zero-order valence-corrected chi connectivity index (χ0v) is 19.9. The molecule has 1 aromatic heterocycles. The van der Waals surface area contributed by atoms with Gasteiger partial charge in [-0.05, 0) is 43.2 Å². The van der Waals surface area contributed by atoms with Crippen LogP contribution in [-0.4, -0.2) is 39.7 Å². The van der Waals surface area contributed by atoms with Crippen molar-refractivity contribution < 1.29 is 19.1 Å². The minimum absolute atomic E-state index is 0.118. The Labute approximate surface area is 200 Å². The number of nitrogens with zero attached hydrogens (tertiary/aromatic N) is 2. The van der Waals surface area contributed by atoms with E-state index in [-0.39, 0.29) is 17.2 Å². The van der Waals surface area contributed by atoms with Crippen LogP contribution in [-0.2, 0) is 21.4 Å². The lowest BCUT2D eigenvalue weighted by atomic mass is 10.1. The highest BCUT2D eigenvalue weighted by Crippen LogP contribution is 2.27. The van der Waals surface area contributed by atoms with Gasteiger partial charge >= 0.3 is 5.97 Å². The summed E-state index contributed by atoms with van der Waals surface area (Å²) in [6.07, 6.45) is 3.44. The molecule has 1 heterocycles. The van der Waals surface area contributed by atoms with Crippen LogP contribution in [0.2, 0.25) is 5.02 Å². The standard InChI is InChI=1S/C23H23ClN4O4S/c1-14-10-15(2)21(17(24)11-14)27-19(29)12-32-22(31)16-6-4-5-7-18(16)26-20(30)13-33-23-25-8-9-28(23)3/h4-11H,12-13H2,1-3H3,(H,26,30)(H,27,29). The summed E-state index contributed by atoms with van der Waals surface area (Å²) >= 11 is 7.48. The fourth-order valence-electron chi connectivity index (χ4n) is 3.04. The van der Waals surface area contributed by atoms with Gasteiger partial charge in [-0.3, -0.25) is 9.59 Å². The largest absolute Gasteiger partial charge is 0.452 e. The Morgan fingerprint density at radius 2 is 1.88 bits per heavy atom. The number of hydrogen-bond donors (Lipinski definition) is 2. The van der Waals surface area contributed by atoms with E-state index in [1.165, 1.54) is 17.8 Å². The van der Waals surface area contributed by atoms with Gasteiger partial charge in [0.2, 0.25) is 5.91 Å². The van der Waals surface area contributed by atoms with Crippen molar-refractivity contribution in [2.75, 3.05) is 23.0 Å². The van der Waals surface area contributed by atoms with E-state index in [0.717, 1.165) is 11.1 Å². The molecular formula is C23H23ClN4O4S. The van der Waals surface area contributed by atoms with E-state index < -0.39 is 18.5 Å². The first-order valence-corrected chi connectivity index (χ1v) is 11.3. The molecule has 172 valence electrons. The number of hydrogen-bond acceptors (Lipinski definition) is 6. The Bertz CT molecular complexity index is 1170. The highest BCUT2D eigenvalue weighted by molar-refractivity contribution is 7.99. The number of para-hydroxylation sites is 1. The first-order valence-electron chi connectivity index (χ1n) is 9.97. The molecule has 0 atom stereocenters. The molecule has 3 rings (SSSR count). The van der Waals surface area contributed by atoms with Crippen LogP contribution in [0.25, 0.3) is 0 Å². The van der Waals surface area contributed by atoms with Crippen molar-refractivity contribution in [1.29, 1.82) is 0 Å². The quantitative estimate of drug-likeness (QED) is 0.365. The van der Waals surface area contributed by atoms with Crippen LogP contribution >= 0.6 is 23.4 Å². The number of halogens is 1. The summed E-state index contributed by atoms with van der Waals surface area (Å²) in [7, 11) is 1.84. The minimum Gasteiger partial charge on any atom is -0.452 e. The van der Waals surface area contributed by atoms with Crippen LogP contribution < -0.4 is 10.6 Å². The van der Waals surface area contributed by atoms with Crippen LogP contribution in [0.1, 0.15) is 21.5 Å². The third kappa shape index (κ3) is 6.59. The van der Waals surface area contributed by atoms with Gasteiger partial charge in [0.25, 0.3) is 5.91 Å². The molecule has 0 saturated carbocycles. The van der Waals surface area contributed by atoms with Gasteiger partial charge < -0.3 is 19.9 Å². The van der Waals surface area contributed by atoms with Crippen molar-refractivity contribution in [3.05, 3.63) is 70.5 Å². The lowest BCUT2D eigenvalue weighted by Crippen LogP contribution is -2.23. The molecule has 0 bridgehead atoms. The Kier molecular flexibility index (Phi) is 8.13. The van der Waals surface area contributed by atoms with E-state index in [1.807, 2.05) is 27.0 Å². The van der Waals surface area contributed by atoms with E-state index in [4.69, 9.17) is 16.3 Å². The first kappa shape index (κ1) is 24.3. The van der Waals surface area contributed by atoms with E-state index in [9.17, 15) is 14.4 Å². The van der Waals surface area contributed by atoms with Gasteiger partial charge in [0.15, 0.2) is 11.8 Å².